The van der Waals surface area contributed by atoms with Crippen LogP contribution >= 0.6 is 0 Å². The molecule has 4 nitrogen and oxygen atoms in total. The van der Waals surface area contributed by atoms with Gasteiger partial charge in [-0.25, -0.2) is 0 Å². The zero-order chi connectivity index (χ0) is 10.9. The van der Waals surface area contributed by atoms with Crippen LogP contribution in [-0.2, 0) is 11.3 Å². The first-order chi connectivity index (χ1) is 7.17. The lowest BCUT2D eigenvalue weighted by molar-refractivity contribution is 0.000303. The number of hydrogen-bond donors (Lipinski definition) is 1. The Morgan fingerprint density at radius 2 is 2.33 bits per heavy atom. The molecule has 0 aliphatic heterocycles. The molecule has 4 heteroatoms. The van der Waals surface area contributed by atoms with Crippen LogP contribution in [0.15, 0.2) is 6.20 Å². The van der Waals surface area contributed by atoms with Crippen LogP contribution in [0.5, 0.6) is 0 Å². The van der Waals surface area contributed by atoms with E-state index < -0.39 is 0 Å². The Hall–Kier alpha value is -1.03. The molecule has 0 spiro atoms. The Morgan fingerprint density at radius 1 is 1.60 bits per heavy atom. The second-order valence-corrected chi connectivity index (χ2v) is 4.63. The van der Waals surface area contributed by atoms with E-state index in [1.165, 1.54) is 19.3 Å². The first kappa shape index (κ1) is 10.5. The van der Waals surface area contributed by atoms with Crippen molar-refractivity contribution >= 4 is 5.69 Å². The second kappa shape index (κ2) is 3.85. The highest BCUT2D eigenvalue weighted by atomic mass is 16.5. The van der Waals surface area contributed by atoms with Gasteiger partial charge in [-0.1, -0.05) is 6.42 Å². The van der Waals surface area contributed by atoms with E-state index in [1.54, 1.807) is 13.3 Å². The van der Waals surface area contributed by atoms with Gasteiger partial charge in [0.2, 0.25) is 0 Å². The van der Waals surface area contributed by atoms with Crippen LogP contribution in [0.4, 0.5) is 5.69 Å². The van der Waals surface area contributed by atoms with E-state index in [9.17, 15) is 0 Å². The Morgan fingerprint density at radius 3 is 2.73 bits per heavy atom. The van der Waals surface area contributed by atoms with E-state index >= 15 is 0 Å². The first-order valence-corrected chi connectivity index (χ1v) is 5.44. The fraction of sp³-hybridized carbons (Fsp3) is 0.727. The summed E-state index contributed by atoms with van der Waals surface area (Å²) in [6.45, 7) is 3.78. The molecule has 1 heterocycles. The van der Waals surface area contributed by atoms with Crippen molar-refractivity contribution in [1.29, 1.82) is 0 Å². The Balaban J connectivity index is 2.10. The molecule has 0 bridgehead atoms. The topological polar surface area (TPSA) is 53.1 Å². The van der Waals surface area contributed by atoms with Gasteiger partial charge in [-0.3, -0.25) is 4.68 Å². The SMILES string of the molecule is COCC1(Cn2ncc(N)c2C)CCC1. The molecular weight excluding hydrogens is 190 g/mol. The van der Waals surface area contributed by atoms with E-state index in [-0.39, 0.29) is 0 Å². The fourth-order valence-electron chi connectivity index (χ4n) is 2.27. The highest BCUT2D eigenvalue weighted by Crippen LogP contribution is 2.42. The van der Waals surface area contributed by atoms with Crippen LogP contribution in [-0.4, -0.2) is 23.5 Å². The maximum Gasteiger partial charge on any atom is 0.0730 e. The van der Waals surface area contributed by atoms with Gasteiger partial charge >= 0.3 is 0 Å². The molecule has 1 aliphatic carbocycles. The number of nitrogens with zero attached hydrogens (tertiary/aromatic N) is 2. The summed E-state index contributed by atoms with van der Waals surface area (Å²) in [7, 11) is 1.77. The molecule has 1 aromatic heterocycles. The lowest BCUT2D eigenvalue weighted by Crippen LogP contribution is -2.38. The summed E-state index contributed by atoms with van der Waals surface area (Å²) in [6, 6.07) is 0. The Labute approximate surface area is 90.4 Å². The molecule has 0 unspecified atom stereocenters. The zero-order valence-electron chi connectivity index (χ0n) is 9.49. The minimum atomic E-state index is 0.304. The van der Waals surface area contributed by atoms with Gasteiger partial charge in [-0.15, -0.1) is 0 Å². The molecule has 2 rings (SSSR count). The molecule has 0 amide bonds. The number of hydrogen-bond acceptors (Lipinski definition) is 3. The molecule has 15 heavy (non-hydrogen) atoms. The molecule has 2 N–H and O–H groups in total. The van der Waals surface area contributed by atoms with Crippen LogP contribution < -0.4 is 5.73 Å². The van der Waals surface area contributed by atoms with Crippen molar-refractivity contribution < 1.29 is 4.74 Å². The van der Waals surface area contributed by atoms with Crippen molar-refractivity contribution in [2.45, 2.75) is 32.7 Å². The molecule has 1 fully saturated rings. The largest absolute Gasteiger partial charge is 0.396 e. The van der Waals surface area contributed by atoms with Gasteiger partial charge in [0.25, 0.3) is 0 Å². The van der Waals surface area contributed by atoms with E-state index in [4.69, 9.17) is 10.5 Å². The minimum Gasteiger partial charge on any atom is -0.396 e. The number of methoxy groups -OCH3 is 1. The van der Waals surface area contributed by atoms with E-state index in [2.05, 4.69) is 5.10 Å². The summed E-state index contributed by atoms with van der Waals surface area (Å²) >= 11 is 0. The van der Waals surface area contributed by atoms with E-state index in [0.717, 1.165) is 24.5 Å². The highest BCUT2D eigenvalue weighted by Gasteiger charge is 2.37. The zero-order valence-corrected chi connectivity index (χ0v) is 9.49. The van der Waals surface area contributed by atoms with Crippen molar-refractivity contribution in [3.63, 3.8) is 0 Å². The maximum absolute atomic E-state index is 5.78. The van der Waals surface area contributed by atoms with Gasteiger partial charge in [-0.2, -0.15) is 5.10 Å². The standard InChI is InChI=1S/C11H19N3O/c1-9-10(12)6-13-14(9)7-11(8-15-2)4-3-5-11/h6H,3-5,7-8,12H2,1-2H3. The molecule has 0 saturated heterocycles. The Kier molecular flexibility index (Phi) is 2.69. The van der Waals surface area contributed by atoms with Crippen molar-refractivity contribution in [3.05, 3.63) is 11.9 Å². The summed E-state index contributed by atoms with van der Waals surface area (Å²) in [5.74, 6) is 0. The molecular formula is C11H19N3O. The quantitative estimate of drug-likeness (QED) is 0.819. The van der Waals surface area contributed by atoms with Gasteiger partial charge in [0.1, 0.15) is 0 Å². The van der Waals surface area contributed by atoms with Gasteiger partial charge in [0.15, 0.2) is 0 Å². The van der Waals surface area contributed by atoms with Crippen molar-refractivity contribution in [2.24, 2.45) is 5.41 Å². The smallest absolute Gasteiger partial charge is 0.0730 e. The second-order valence-electron chi connectivity index (χ2n) is 4.63. The summed E-state index contributed by atoms with van der Waals surface area (Å²) in [6.07, 6.45) is 5.51. The average Bonchev–Trinajstić information content (AvgIpc) is 2.46. The number of ether oxygens (including phenoxy) is 1. The minimum absolute atomic E-state index is 0.304. The molecule has 84 valence electrons. The molecule has 0 radical (unpaired) electrons. The number of anilines is 1. The average molecular weight is 209 g/mol. The predicted molar refractivity (Wildman–Crippen MR) is 59.5 cm³/mol. The third-order valence-electron chi connectivity index (χ3n) is 3.49. The molecule has 0 atom stereocenters. The van der Waals surface area contributed by atoms with Crippen molar-refractivity contribution in [3.8, 4) is 0 Å². The number of aromatic nitrogens is 2. The van der Waals surface area contributed by atoms with Crippen LogP contribution in [0.3, 0.4) is 0 Å². The van der Waals surface area contributed by atoms with Crippen LogP contribution in [0, 0.1) is 12.3 Å². The van der Waals surface area contributed by atoms with E-state index in [1.807, 2.05) is 11.6 Å². The monoisotopic (exact) mass is 209 g/mol. The van der Waals surface area contributed by atoms with Gasteiger partial charge in [0.05, 0.1) is 24.2 Å². The summed E-state index contributed by atoms with van der Waals surface area (Å²) < 4.78 is 7.30. The van der Waals surface area contributed by atoms with Gasteiger partial charge in [-0.05, 0) is 19.8 Å². The van der Waals surface area contributed by atoms with E-state index in [0.29, 0.717) is 5.41 Å². The highest BCUT2D eigenvalue weighted by molar-refractivity contribution is 5.39. The molecule has 1 saturated carbocycles. The lowest BCUT2D eigenvalue weighted by Gasteiger charge is -2.41. The third kappa shape index (κ3) is 1.86. The molecule has 1 aromatic rings. The summed E-state index contributed by atoms with van der Waals surface area (Å²) in [5, 5.41) is 4.30. The number of rotatable bonds is 4. The van der Waals surface area contributed by atoms with Crippen molar-refractivity contribution in [2.75, 3.05) is 19.5 Å². The van der Waals surface area contributed by atoms with Gasteiger partial charge < -0.3 is 10.5 Å². The molecule has 1 aliphatic rings. The van der Waals surface area contributed by atoms with Crippen LogP contribution in [0.25, 0.3) is 0 Å². The lowest BCUT2D eigenvalue weighted by atomic mass is 9.69. The third-order valence-corrected chi connectivity index (χ3v) is 3.49. The van der Waals surface area contributed by atoms with Gasteiger partial charge in [0, 0.05) is 19.1 Å². The number of nitrogen functional groups attached to an aromatic ring is 1. The maximum atomic E-state index is 5.78. The predicted octanol–water partition coefficient (Wildman–Crippen LogP) is 1.59. The fourth-order valence-corrected chi connectivity index (χ4v) is 2.27. The summed E-state index contributed by atoms with van der Waals surface area (Å²) in [5.41, 5.74) is 7.93. The van der Waals surface area contributed by atoms with Crippen LogP contribution in [0.1, 0.15) is 25.0 Å². The normalized spacial score (nSPS) is 18.8. The number of nitrogens with two attached hydrogens (primary N) is 1. The Bertz CT molecular complexity index is 342. The van der Waals surface area contributed by atoms with Crippen LogP contribution in [0.2, 0.25) is 0 Å². The van der Waals surface area contributed by atoms with Crippen molar-refractivity contribution in [1.82, 2.24) is 9.78 Å². The molecule has 0 aromatic carbocycles. The first-order valence-electron chi connectivity index (χ1n) is 5.44. The summed E-state index contributed by atoms with van der Waals surface area (Å²) in [4.78, 5) is 0.